The van der Waals surface area contributed by atoms with Gasteiger partial charge in [-0.3, -0.25) is 33.9 Å². The van der Waals surface area contributed by atoms with Crippen LogP contribution in [0.2, 0.25) is 0 Å². The molecule has 3 heterocycles. The predicted molar refractivity (Wildman–Crippen MR) is 259 cm³/mol. The molecule has 3 atom stereocenters. The van der Waals surface area contributed by atoms with Crippen LogP contribution in [0.5, 0.6) is 0 Å². The number of likely N-dealkylation sites (tertiary alicyclic amines) is 1. The molecule has 8 N–H and O–H groups in total. The van der Waals surface area contributed by atoms with Crippen LogP contribution in [0.4, 0.5) is 0 Å². The van der Waals surface area contributed by atoms with Crippen LogP contribution in [0, 0.1) is 11.8 Å². The molecule has 0 spiro atoms. The smallest absolute Gasteiger partial charge is 0.246 e. The second-order valence-corrected chi connectivity index (χ2v) is 18.6. The molecule has 0 aliphatic carbocycles. The number of nitrogens with zero attached hydrogens (tertiary/aromatic N) is 2. The maximum absolute atomic E-state index is 13.8. The van der Waals surface area contributed by atoms with E-state index < -0.39 is 35.3 Å². The first kappa shape index (κ1) is 59.8. The van der Waals surface area contributed by atoms with Crippen molar-refractivity contribution in [2.24, 2.45) is 23.3 Å². The van der Waals surface area contributed by atoms with Crippen molar-refractivity contribution in [3.05, 3.63) is 29.6 Å². The van der Waals surface area contributed by atoms with E-state index in [2.05, 4.69) is 59.6 Å². The van der Waals surface area contributed by atoms with Crippen molar-refractivity contribution in [3.8, 4) is 0 Å². The van der Waals surface area contributed by atoms with E-state index in [-0.39, 0.29) is 49.0 Å². The number of carbonyl (C=O) groups is 6. The van der Waals surface area contributed by atoms with Crippen molar-refractivity contribution in [1.29, 1.82) is 0 Å². The number of unbranched alkanes of at least 4 members (excludes halogenated alkanes) is 1. The van der Waals surface area contributed by atoms with Gasteiger partial charge in [0, 0.05) is 81.0 Å². The van der Waals surface area contributed by atoms with E-state index in [4.69, 9.17) is 15.5 Å². The molecule has 0 aromatic carbocycles. The van der Waals surface area contributed by atoms with Gasteiger partial charge >= 0.3 is 0 Å². The highest BCUT2D eigenvalue weighted by molar-refractivity contribution is 7.98. The predicted octanol–water partition coefficient (Wildman–Crippen LogP) is 5.12. The van der Waals surface area contributed by atoms with E-state index in [0.717, 1.165) is 43.6 Å². The molecule has 0 radical (unpaired) electrons. The van der Waals surface area contributed by atoms with Crippen molar-refractivity contribution in [3.63, 3.8) is 0 Å². The summed E-state index contributed by atoms with van der Waals surface area (Å²) in [5.74, 6) is 0.649. The van der Waals surface area contributed by atoms with Gasteiger partial charge in [-0.05, 0) is 50.3 Å². The third-order valence-corrected chi connectivity index (χ3v) is 12.4. The molecule has 2 fully saturated rings. The van der Waals surface area contributed by atoms with Crippen molar-refractivity contribution < 1.29 is 33.5 Å². The van der Waals surface area contributed by atoms with Gasteiger partial charge in [0.15, 0.2) is 0 Å². The highest BCUT2D eigenvalue weighted by Crippen LogP contribution is 2.23. The number of aldehydes is 1. The van der Waals surface area contributed by atoms with Gasteiger partial charge in [0.2, 0.25) is 29.5 Å². The summed E-state index contributed by atoms with van der Waals surface area (Å²) in [4.78, 5) is 82.5. The molecular weight excluding hydrogens is 841 g/mol. The fourth-order valence-electron chi connectivity index (χ4n) is 6.48. The molecule has 0 saturated carbocycles. The van der Waals surface area contributed by atoms with Crippen LogP contribution in [0.15, 0.2) is 18.2 Å². The molecule has 362 valence electrons. The number of hydrogen-bond donors (Lipinski definition) is 6. The monoisotopic (exact) mass is 925 g/mol. The van der Waals surface area contributed by atoms with Crippen LogP contribution in [-0.4, -0.2) is 121 Å². The largest absolute Gasteiger partial charge is 0.381 e. The van der Waals surface area contributed by atoms with Gasteiger partial charge in [0.25, 0.3) is 0 Å². The van der Waals surface area contributed by atoms with Gasteiger partial charge in [0.05, 0.1) is 17.9 Å². The minimum absolute atomic E-state index is 0.0526. The Morgan fingerprint density at radius 3 is 1.90 bits per heavy atom. The minimum Gasteiger partial charge on any atom is -0.381 e. The molecule has 1 aromatic heterocycles. The van der Waals surface area contributed by atoms with Crippen molar-refractivity contribution in [1.82, 2.24) is 31.2 Å². The van der Waals surface area contributed by atoms with Gasteiger partial charge < -0.3 is 42.3 Å². The molecule has 17 heteroatoms. The van der Waals surface area contributed by atoms with E-state index in [1.165, 1.54) is 26.3 Å². The van der Waals surface area contributed by atoms with Crippen LogP contribution < -0.4 is 32.7 Å². The lowest BCUT2D eigenvalue weighted by atomic mass is 9.87. The normalized spacial score (nSPS) is 16.2. The average molecular weight is 925 g/mol. The van der Waals surface area contributed by atoms with Gasteiger partial charge in [-0.15, -0.1) is 0 Å². The number of carbonyl (C=O) groups excluding carboxylic acids is 6. The molecule has 5 amide bonds. The molecular formula is C46H84N8O7S2. The minimum atomic E-state index is -1.22. The molecule has 2 saturated heterocycles. The molecule has 3 rings (SSSR count). The Hall–Kier alpha value is -3.25. The highest BCUT2D eigenvalue weighted by Gasteiger charge is 2.43. The zero-order valence-electron chi connectivity index (χ0n) is 40.1. The number of primary amides is 1. The third kappa shape index (κ3) is 25.7. The average Bonchev–Trinajstić information content (AvgIpc) is 3.27. The number of piperidine rings is 1. The Labute approximate surface area is 388 Å². The number of rotatable bonds is 24. The first-order valence-electron chi connectivity index (χ1n) is 23.1. The van der Waals surface area contributed by atoms with Crippen LogP contribution >= 0.6 is 23.5 Å². The van der Waals surface area contributed by atoms with Crippen molar-refractivity contribution in [2.75, 3.05) is 51.4 Å². The maximum atomic E-state index is 13.8. The fraction of sp³-hybridized carbons (Fsp3) is 0.761. The maximum Gasteiger partial charge on any atom is 0.246 e. The van der Waals surface area contributed by atoms with E-state index in [1.54, 1.807) is 23.5 Å². The second kappa shape index (κ2) is 36.0. The Balaban J connectivity index is 0.00000392. The second-order valence-electron chi connectivity index (χ2n) is 16.4. The summed E-state index contributed by atoms with van der Waals surface area (Å²) in [5.41, 5.74) is 10.7. The standard InChI is InChI=1S/C38H61N7O7S2.C4H10.C3H8.CH5N/c1-5-27(4)34(35(39)49)43-36(50)31(23-26(2)3)42-37(51)38(13-19-52-20-14-38)44-33(48)12-22-54-25-30-8-6-7-29(40-30)24-53-21-11-32(47)41-28-9-15-45(16-10-28)17-18-46;1-3-4-2;1-3-2;1-2/h6-8,18,26-28,31,34H,5,9-17,19-25H2,1-4H3,(H2,39,49)(H,41,47)(H,42,51)(H,43,50)(H,44,48);3-4H2,1-2H3;3H2,1-2H3;2H2,1H3/t27-,31-,34-;;;/m0.../s1. The Bertz CT molecular complexity index is 1440. The SMILES string of the molecule is CCC.CCCC.CC[C@H](C)[C@H](NC(=O)[C@H](CC(C)C)NC(=O)C1(NC(=O)CCSCc2cccc(CSCCC(=O)NC3CCN(CC=O)CC3)n2)CCOCC1)C(N)=O.CN. The van der Waals surface area contributed by atoms with Gasteiger partial charge in [-0.1, -0.05) is 87.1 Å². The number of nitrogens with one attached hydrogen (secondary N) is 4. The number of hydrogen-bond acceptors (Lipinski definition) is 12. The lowest BCUT2D eigenvalue weighted by molar-refractivity contribution is -0.140. The molecule has 1 aromatic rings. The first-order chi connectivity index (χ1) is 30.2. The Morgan fingerprint density at radius 2 is 1.43 bits per heavy atom. The molecule has 0 bridgehead atoms. The third-order valence-electron chi connectivity index (χ3n) is 10.4. The van der Waals surface area contributed by atoms with Gasteiger partial charge in [0.1, 0.15) is 23.9 Å². The summed E-state index contributed by atoms with van der Waals surface area (Å²) in [6.45, 7) is 18.9. The van der Waals surface area contributed by atoms with Crippen molar-refractivity contribution in [2.45, 2.75) is 161 Å². The summed E-state index contributed by atoms with van der Waals surface area (Å²) in [6.07, 6.45) is 8.69. The first-order valence-corrected chi connectivity index (χ1v) is 25.4. The summed E-state index contributed by atoms with van der Waals surface area (Å²) in [5, 5.41) is 11.7. The number of pyridine rings is 1. The quantitative estimate of drug-likeness (QED) is 0.0587. The highest BCUT2D eigenvalue weighted by atomic mass is 32.2. The van der Waals surface area contributed by atoms with E-state index in [9.17, 15) is 28.8 Å². The molecule has 63 heavy (non-hydrogen) atoms. The number of aromatic nitrogens is 1. The zero-order valence-corrected chi connectivity index (χ0v) is 41.7. The van der Waals surface area contributed by atoms with Crippen LogP contribution in [0.1, 0.15) is 137 Å². The fourth-order valence-corrected chi connectivity index (χ4v) is 8.17. The lowest BCUT2D eigenvalue weighted by Crippen LogP contribution is -2.64. The number of thioether (sulfide) groups is 2. The van der Waals surface area contributed by atoms with Crippen LogP contribution in [-0.2, 0) is 45.0 Å². The zero-order chi connectivity index (χ0) is 47.6. The van der Waals surface area contributed by atoms with Gasteiger partial charge in [-0.25, -0.2) is 0 Å². The van der Waals surface area contributed by atoms with Crippen LogP contribution in [0.25, 0.3) is 0 Å². The number of ether oxygens (including phenoxy) is 1. The van der Waals surface area contributed by atoms with E-state index >= 15 is 0 Å². The lowest BCUT2D eigenvalue weighted by Gasteiger charge is -2.38. The summed E-state index contributed by atoms with van der Waals surface area (Å²) in [7, 11) is 1.50. The summed E-state index contributed by atoms with van der Waals surface area (Å²) < 4.78 is 5.53. The topological polar surface area (TPSA) is 228 Å². The Morgan fingerprint density at radius 1 is 0.889 bits per heavy atom. The molecule has 2 aliphatic rings. The molecule has 15 nitrogen and oxygen atoms in total. The number of amides is 5. The van der Waals surface area contributed by atoms with E-state index in [1.807, 2.05) is 45.9 Å². The van der Waals surface area contributed by atoms with Crippen molar-refractivity contribution >= 4 is 59.3 Å². The van der Waals surface area contributed by atoms with E-state index in [0.29, 0.717) is 62.0 Å². The summed E-state index contributed by atoms with van der Waals surface area (Å²) >= 11 is 3.24. The summed E-state index contributed by atoms with van der Waals surface area (Å²) in [6, 6.07) is 4.29. The molecule has 2 aliphatic heterocycles. The van der Waals surface area contributed by atoms with Crippen LogP contribution in [0.3, 0.4) is 0 Å². The molecule has 0 unspecified atom stereocenters. The van der Waals surface area contributed by atoms with Gasteiger partial charge in [-0.2, -0.15) is 23.5 Å². The Kier molecular flexibility index (Phi) is 34.2. The number of nitrogens with two attached hydrogens (primary N) is 2.